The molecule has 0 unspecified atom stereocenters. The molecule has 0 aliphatic heterocycles. The summed E-state index contributed by atoms with van der Waals surface area (Å²) < 4.78 is 0. The minimum Gasteiger partial charge on any atom is -0.321 e. The van der Waals surface area contributed by atoms with Crippen molar-refractivity contribution in [3.05, 3.63) is 35.9 Å². The molecule has 1 saturated carbocycles. The van der Waals surface area contributed by atoms with Crippen molar-refractivity contribution >= 4 is 12.4 Å². The molecule has 0 bridgehead atoms. The average molecular weight is 170 g/mol. The van der Waals surface area contributed by atoms with Gasteiger partial charge in [0.2, 0.25) is 0 Å². The number of halogens is 1. The van der Waals surface area contributed by atoms with Crippen LogP contribution in [0.1, 0.15) is 18.4 Å². The third-order valence-electron chi connectivity index (χ3n) is 2.14. The monoisotopic (exact) mass is 169 g/mol. The highest BCUT2D eigenvalue weighted by Gasteiger charge is 2.39. The van der Waals surface area contributed by atoms with Crippen LogP contribution in [0.25, 0.3) is 0 Å². The number of hydrogen-bond acceptors (Lipinski definition) is 1. The van der Waals surface area contributed by atoms with E-state index in [2.05, 4.69) is 12.1 Å². The summed E-state index contributed by atoms with van der Waals surface area (Å²) in [6, 6.07) is 10.3. The number of nitrogens with two attached hydrogens (primary N) is 1. The van der Waals surface area contributed by atoms with Crippen molar-refractivity contribution in [2.24, 2.45) is 5.73 Å². The third kappa shape index (κ3) is 1.55. The summed E-state index contributed by atoms with van der Waals surface area (Å²) >= 11 is 0. The van der Waals surface area contributed by atoms with Gasteiger partial charge in [-0.05, 0) is 18.4 Å². The van der Waals surface area contributed by atoms with Crippen molar-refractivity contribution < 1.29 is 0 Å². The standard InChI is InChI=1S/C9H11N.ClH/c10-9(6-7-9)8-4-2-1-3-5-8;/h1-5H,6-7,10H2;1H. The van der Waals surface area contributed by atoms with E-state index >= 15 is 0 Å². The summed E-state index contributed by atoms with van der Waals surface area (Å²) in [5.41, 5.74) is 7.30. The Kier molecular flexibility index (Phi) is 2.21. The summed E-state index contributed by atoms with van der Waals surface area (Å²) in [4.78, 5) is 0. The quantitative estimate of drug-likeness (QED) is 0.685. The summed E-state index contributed by atoms with van der Waals surface area (Å²) in [5, 5.41) is 0. The molecule has 0 heterocycles. The zero-order chi connectivity index (χ0) is 7.03. The Morgan fingerprint density at radius 1 is 1.09 bits per heavy atom. The highest BCUT2D eigenvalue weighted by Crippen LogP contribution is 2.42. The second-order valence-corrected chi connectivity index (χ2v) is 3.02. The lowest BCUT2D eigenvalue weighted by Gasteiger charge is -2.06. The topological polar surface area (TPSA) is 26.0 Å². The van der Waals surface area contributed by atoms with Crippen LogP contribution in [-0.4, -0.2) is 0 Å². The maximum atomic E-state index is 5.97. The normalized spacial score (nSPS) is 18.6. The Balaban J connectivity index is 0.000000605. The van der Waals surface area contributed by atoms with Crippen LogP contribution in [0.15, 0.2) is 30.3 Å². The molecule has 0 aromatic heterocycles. The molecule has 0 spiro atoms. The van der Waals surface area contributed by atoms with Gasteiger partial charge in [0.25, 0.3) is 0 Å². The van der Waals surface area contributed by atoms with Crippen LogP contribution in [0.4, 0.5) is 0 Å². The van der Waals surface area contributed by atoms with E-state index in [1.54, 1.807) is 0 Å². The van der Waals surface area contributed by atoms with E-state index in [0.717, 1.165) is 12.8 Å². The minimum atomic E-state index is 0. The lowest BCUT2D eigenvalue weighted by Crippen LogP contribution is -2.18. The first-order chi connectivity index (χ1) is 4.81. The minimum absolute atomic E-state index is 0. The van der Waals surface area contributed by atoms with Crippen LogP contribution >= 0.6 is 12.4 Å². The van der Waals surface area contributed by atoms with Crippen LogP contribution in [-0.2, 0) is 5.54 Å². The molecule has 2 heteroatoms. The maximum Gasteiger partial charge on any atom is 0.0411 e. The molecule has 0 amide bonds. The Bertz CT molecular complexity index is 229. The maximum absolute atomic E-state index is 5.97. The summed E-state index contributed by atoms with van der Waals surface area (Å²) in [6.07, 6.45) is 2.30. The second-order valence-electron chi connectivity index (χ2n) is 3.02. The molecule has 0 saturated heterocycles. The summed E-state index contributed by atoms with van der Waals surface area (Å²) in [6.45, 7) is 0. The van der Waals surface area contributed by atoms with Crippen LogP contribution in [0.3, 0.4) is 0 Å². The average Bonchev–Trinajstić information content (AvgIpc) is 2.72. The largest absolute Gasteiger partial charge is 0.321 e. The van der Waals surface area contributed by atoms with E-state index in [1.807, 2.05) is 18.2 Å². The number of rotatable bonds is 1. The highest BCUT2D eigenvalue weighted by atomic mass is 35.5. The molecule has 1 aliphatic rings. The molecule has 0 radical (unpaired) electrons. The molecule has 1 aromatic rings. The van der Waals surface area contributed by atoms with Gasteiger partial charge >= 0.3 is 0 Å². The van der Waals surface area contributed by atoms with E-state index in [4.69, 9.17) is 5.73 Å². The zero-order valence-corrected chi connectivity index (χ0v) is 7.10. The summed E-state index contributed by atoms with van der Waals surface area (Å²) in [5.74, 6) is 0. The van der Waals surface area contributed by atoms with Crippen molar-refractivity contribution in [3.8, 4) is 0 Å². The molecule has 2 N–H and O–H groups in total. The fraction of sp³-hybridized carbons (Fsp3) is 0.333. The number of benzene rings is 1. The van der Waals surface area contributed by atoms with Gasteiger partial charge in [-0.1, -0.05) is 30.3 Å². The first-order valence-corrected chi connectivity index (χ1v) is 3.66. The Morgan fingerprint density at radius 3 is 2.09 bits per heavy atom. The molecule has 0 atom stereocenters. The van der Waals surface area contributed by atoms with Crippen LogP contribution in [0.2, 0.25) is 0 Å². The Morgan fingerprint density at radius 2 is 1.64 bits per heavy atom. The van der Waals surface area contributed by atoms with E-state index in [1.165, 1.54) is 5.56 Å². The molecular formula is C9H12ClN. The van der Waals surface area contributed by atoms with Gasteiger partial charge in [-0.2, -0.15) is 0 Å². The molecule has 1 fully saturated rings. The lowest BCUT2D eigenvalue weighted by molar-refractivity contribution is 0.740. The Labute approximate surface area is 73.0 Å². The number of hydrogen-bond donors (Lipinski definition) is 1. The molecule has 1 nitrogen and oxygen atoms in total. The van der Waals surface area contributed by atoms with E-state index in [0.29, 0.717) is 0 Å². The van der Waals surface area contributed by atoms with Crippen molar-refractivity contribution in [2.75, 3.05) is 0 Å². The third-order valence-corrected chi connectivity index (χ3v) is 2.14. The van der Waals surface area contributed by atoms with Gasteiger partial charge in [0, 0.05) is 5.54 Å². The molecule has 1 aliphatic carbocycles. The predicted octanol–water partition coefficient (Wildman–Crippen LogP) is 2.06. The first-order valence-electron chi connectivity index (χ1n) is 3.66. The fourth-order valence-corrected chi connectivity index (χ4v) is 1.19. The summed E-state index contributed by atoms with van der Waals surface area (Å²) in [7, 11) is 0. The van der Waals surface area contributed by atoms with Gasteiger partial charge in [0.1, 0.15) is 0 Å². The van der Waals surface area contributed by atoms with E-state index in [-0.39, 0.29) is 17.9 Å². The van der Waals surface area contributed by atoms with Gasteiger partial charge in [0.15, 0.2) is 0 Å². The van der Waals surface area contributed by atoms with Crippen molar-refractivity contribution in [2.45, 2.75) is 18.4 Å². The smallest absolute Gasteiger partial charge is 0.0411 e. The van der Waals surface area contributed by atoms with Gasteiger partial charge in [-0.15, -0.1) is 12.4 Å². The fourth-order valence-electron chi connectivity index (χ4n) is 1.19. The van der Waals surface area contributed by atoms with Crippen molar-refractivity contribution in [3.63, 3.8) is 0 Å². The van der Waals surface area contributed by atoms with E-state index in [9.17, 15) is 0 Å². The second kappa shape index (κ2) is 2.84. The molecule has 11 heavy (non-hydrogen) atoms. The predicted molar refractivity (Wildman–Crippen MR) is 48.8 cm³/mol. The van der Waals surface area contributed by atoms with Crippen LogP contribution in [0, 0.1) is 0 Å². The highest BCUT2D eigenvalue weighted by molar-refractivity contribution is 5.85. The van der Waals surface area contributed by atoms with Crippen molar-refractivity contribution in [1.82, 2.24) is 0 Å². The van der Waals surface area contributed by atoms with Gasteiger partial charge < -0.3 is 5.73 Å². The zero-order valence-electron chi connectivity index (χ0n) is 6.29. The van der Waals surface area contributed by atoms with Crippen LogP contribution < -0.4 is 5.73 Å². The lowest BCUT2D eigenvalue weighted by atomic mass is 10.1. The van der Waals surface area contributed by atoms with Gasteiger partial charge in [-0.25, -0.2) is 0 Å². The molecule has 1 aromatic carbocycles. The van der Waals surface area contributed by atoms with E-state index < -0.39 is 0 Å². The Hall–Kier alpha value is -0.530. The van der Waals surface area contributed by atoms with Gasteiger partial charge in [0.05, 0.1) is 0 Å². The first kappa shape index (κ1) is 8.57. The molecular weight excluding hydrogens is 158 g/mol. The van der Waals surface area contributed by atoms with Gasteiger partial charge in [-0.3, -0.25) is 0 Å². The SMILES string of the molecule is Cl.NC1(c2ccccc2)CC1. The van der Waals surface area contributed by atoms with Crippen molar-refractivity contribution in [1.29, 1.82) is 0 Å². The molecule has 60 valence electrons. The molecule has 2 rings (SSSR count). The van der Waals surface area contributed by atoms with Crippen LogP contribution in [0.5, 0.6) is 0 Å².